The minimum Gasteiger partial charge on any atom is -0.478 e. The Morgan fingerprint density at radius 2 is 2.05 bits per heavy atom. The van der Waals surface area contributed by atoms with Gasteiger partial charge < -0.3 is 9.67 Å². The highest BCUT2D eigenvalue weighted by atomic mass is 16.4. The van der Waals surface area contributed by atoms with E-state index >= 15 is 0 Å². The third-order valence-electron chi connectivity index (χ3n) is 3.46. The van der Waals surface area contributed by atoms with E-state index in [-0.39, 0.29) is 0 Å². The number of aliphatic carboxylic acids is 1. The van der Waals surface area contributed by atoms with Crippen LogP contribution in [0.1, 0.15) is 11.3 Å². The van der Waals surface area contributed by atoms with Gasteiger partial charge in [-0.25, -0.2) is 4.79 Å². The molecule has 0 aliphatic heterocycles. The first-order valence-corrected chi connectivity index (χ1v) is 6.59. The van der Waals surface area contributed by atoms with E-state index < -0.39 is 5.97 Å². The molecule has 2 heterocycles. The van der Waals surface area contributed by atoms with Crippen LogP contribution in [0.15, 0.2) is 42.6 Å². The molecule has 0 atom stereocenters. The number of carbonyl (C=O) groups is 1. The van der Waals surface area contributed by atoms with Crippen LogP contribution in [0, 0.1) is 6.92 Å². The molecule has 21 heavy (non-hydrogen) atoms. The van der Waals surface area contributed by atoms with Crippen molar-refractivity contribution in [2.45, 2.75) is 6.92 Å². The summed E-state index contributed by atoms with van der Waals surface area (Å²) in [5.74, 6) is -0.118. The maximum absolute atomic E-state index is 10.8. The zero-order valence-corrected chi connectivity index (χ0v) is 11.8. The summed E-state index contributed by atoms with van der Waals surface area (Å²) in [5.41, 5.74) is 2.66. The van der Waals surface area contributed by atoms with Gasteiger partial charge in [0.2, 0.25) is 0 Å². The normalized spacial score (nSPS) is 11.5. The smallest absolute Gasteiger partial charge is 0.328 e. The quantitative estimate of drug-likeness (QED) is 0.751. The summed E-state index contributed by atoms with van der Waals surface area (Å²) in [5, 5.41) is 14.4. The number of nitrogens with zero attached hydrogens (tertiary/aromatic N) is 3. The molecule has 0 fully saturated rings. The van der Waals surface area contributed by atoms with E-state index in [4.69, 9.17) is 5.11 Å². The molecule has 0 bridgehead atoms. The lowest BCUT2D eigenvalue weighted by Crippen LogP contribution is -2.03. The fourth-order valence-corrected chi connectivity index (χ4v) is 2.57. The summed E-state index contributed by atoms with van der Waals surface area (Å²) in [6.45, 7) is 1.87. The van der Waals surface area contributed by atoms with Crippen molar-refractivity contribution in [2.75, 3.05) is 0 Å². The van der Waals surface area contributed by atoms with Gasteiger partial charge in [0.05, 0.1) is 11.2 Å². The van der Waals surface area contributed by atoms with Gasteiger partial charge in [0.25, 0.3) is 0 Å². The average molecular weight is 281 g/mol. The van der Waals surface area contributed by atoms with Crippen LogP contribution in [0.4, 0.5) is 0 Å². The molecule has 1 aromatic carbocycles. The van der Waals surface area contributed by atoms with Crippen LogP contribution >= 0.6 is 0 Å². The fourth-order valence-electron chi connectivity index (χ4n) is 2.57. The zero-order chi connectivity index (χ0) is 15.0. The Morgan fingerprint density at radius 1 is 1.29 bits per heavy atom. The summed E-state index contributed by atoms with van der Waals surface area (Å²) >= 11 is 0. The lowest BCUT2D eigenvalue weighted by atomic mass is 10.2. The van der Waals surface area contributed by atoms with Crippen LogP contribution in [0.3, 0.4) is 0 Å². The van der Waals surface area contributed by atoms with Crippen molar-refractivity contribution >= 4 is 22.9 Å². The first-order valence-electron chi connectivity index (χ1n) is 6.59. The molecule has 0 saturated heterocycles. The molecular formula is C16H15N3O2. The number of carboxylic acids is 1. The molecule has 1 N–H and O–H groups in total. The average Bonchev–Trinajstić information content (AvgIpc) is 2.97. The van der Waals surface area contributed by atoms with Crippen LogP contribution in [-0.4, -0.2) is 25.4 Å². The van der Waals surface area contributed by atoms with Gasteiger partial charge in [0.15, 0.2) is 0 Å². The highest BCUT2D eigenvalue weighted by Crippen LogP contribution is 2.25. The Morgan fingerprint density at radius 3 is 2.81 bits per heavy atom. The highest BCUT2D eigenvalue weighted by Gasteiger charge is 2.14. The Kier molecular flexibility index (Phi) is 3.10. The molecular weight excluding hydrogens is 266 g/mol. The summed E-state index contributed by atoms with van der Waals surface area (Å²) in [6.07, 6.45) is 4.70. The van der Waals surface area contributed by atoms with E-state index in [2.05, 4.69) is 5.10 Å². The van der Waals surface area contributed by atoms with E-state index in [1.807, 2.05) is 55.1 Å². The number of fused-ring (bicyclic) bond motifs is 1. The molecule has 0 unspecified atom stereocenters. The molecule has 0 saturated carbocycles. The number of benzene rings is 1. The van der Waals surface area contributed by atoms with Crippen molar-refractivity contribution in [1.29, 1.82) is 0 Å². The predicted molar refractivity (Wildman–Crippen MR) is 81.4 cm³/mol. The molecule has 5 nitrogen and oxygen atoms in total. The Labute approximate surface area is 121 Å². The molecule has 0 aliphatic rings. The van der Waals surface area contributed by atoms with Gasteiger partial charge in [-0.05, 0) is 30.5 Å². The molecule has 3 aromatic rings. The van der Waals surface area contributed by atoms with Gasteiger partial charge in [-0.15, -0.1) is 0 Å². The number of hydrogen-bond acceptors (Lipinski definition) is 2. The Hall–Kier alpha value is -2.82. The van der Waals surface area contributed by atoms with Crippen LogP contribution in [0.5, 0.6) is 0 Å². The van der Waals surface area contributed by atoms with Gasteiger partial charge in [0.1, 0.15) is 5.82 Å². The minimum absolute atomic E-state index is 0.794. The molecule has 0 aliphatic carbocycles. The van der Waals surface area contributed by atoms with Crippen molar-refractivity contribution in [3.8, 4) is 5.82 Å². The number of rotatable bonds is 3. The van der Waals surface area contributed by atoms with Crippen LogP contribution in [0.2, 0.25) is 0 Å². The number of carboxylic acid groups (broad SMARTS) is 1. The Bertz CT molecular complexity index is 856. The van der Waals surface area contributed by atoms with Gasteiger partial charge >= 0.3 is 5.97 Å². The zero-order valence-electron chi connectivity index (χ0n) is 11.8. The van der Waals surface area contributed by atoms with E-state index in [0.29, 0.717) is 0 Å². The highest BCUT2D eigenvalue weighted by molar-refractivity contribution is 5.87. The lowest BCUT2D eigenvalue weighted by Gasteiger charge is -2.07. The van der Waals surface area contributed by atoms with Crippen molar-refractivity contribution in [1.82, 2.24) is 14.3 Å². The maximum Gasteiger partial charge on any atom is 0.328 e. The second-order valence-electron chi connectivity index (χ2n) is 4.86. The van der Waals surface area contributed by atoms with E-state index in [1.54, 1.807) is 10.8 Å². The molecule has 0 amide bonds. The standard InChI is InChI=1S/C16H15N3O2/c1-11-13(7-8-15(20)21)16(18(2)17-11)19-10-9-12-5-3-4-6-14(12)19/h3-10H,1-2H3,(H,20,21). The van der Waals surface area contributed by atoms with Gasteiger partial charge in [-0.2, -0.15) is 5.10 Å². The van der Waals surface area contributed by atoms with Crippen molar-refractivity contribution in [3.63, 3.8) is 0 Å². The van der Waals surface area contributed by atoms with Crippen molar-refractivity contribution < 1.29 is 9.90 Å². The van der Waals surface area contributed by atoms with E-state index in [9.17, 15) is 4.79 Å². The van der Waals surface area contributed by atoms with Gasteiger partial charge in [0, 0.05) is 24.9 Å². The number of aromatic nitrogens is 3. The van der Waals surface area contributed by atoms with Crippen LogP contribution < -0.4 is 0 Å². The third-order valence-corrected chi connectivity index (χ3v) is 3.46. The minimum atomic E-state index is -0.971. The van der Waals surface area contributed by atoms with E-state index in [1.165, 1.54) is 0 Å². The summed E-state index contributed by atoms with van der Waals surface area (Å²) in [4.78, 5) is 10.8. The molecule has 3 rings (SSSR count). The van der Waals surface area contributed by atoms with Crippen LogP contribution in [0.25, 0.3) is 22.8 Å². The van der Waals surface area contributed by atoms with Crippen LogP contribution in [-0.2, 0) is 11.8 Å². The van der Waals surface area contributed by atoms with Crippen molar-refractivity contribution in [3.05, 3.63) is 53.9 Å². The topological polar surface area (TPSA) is 60.0 Å². The van der Waals surface area contributed by atoms with Crippen molar-refractivity contribution in [2.24, 2.45) is 7.05 Å². The molecule has 0 radical (unpaired) electrons. The summed E-state index contributed by atoms with van der Waals surface area (Å²) < 4.78 is 3.79. The molecule has 2 aromatic heterocycles. The SMILES string of the molecule is Cc1nn(C)c(-n2ccc3ccccc32)c1C=CC(=O)O. The summed E-state index contributed by atoms with van der Waals surface area (Å²) in [7, 11) is 1.86. The van der Waals surface area contributed by atoms with Gasteiger partial charge in [-0.1, -0.05) is 18.2 Å². The van der Waals surface area contributed by atoms with Gasteiger partial charge in [-0.3, -0.25) is 4.68 Å². The summed E-state index contributed by atoms with van der Waals surface area (Å²) in [6, 6.07) is 10.1. The molecule has 106 valence electrons. The first-order chi connectivity index (χ1) is 10.1. The number of para-hydroxylation sites is 1. The molecule has 0 spiro atoms. The largest absolute Gasteiger partial charge is 0.478 e. The monoisotopic (exact) mass is 281 g/mol. The lowest BCUT2D eigenvalue weighted by molar-refractivity contribution is -0.131. The second kappa shape index (κ2) is 4.94. The second-order valence-corrected chi connectivity index (χ2v) is 4.86. The number of hydrogen-bond donors (Lipinski definition) is 1. The number of aryl methyl sites for hydroxylation is 2. The molecule has 5 heteroatoms. The third kappa shape index (κ3) is 2.23. The fraction of sp³-hybridized carbons (Fsp3) is 0.125. The maximum atomic E-state index is 10.8. The Balaban J connectivity index is 2.25. The predicted octanol–water partition coefficient (Wildman–Crippen LogP) is 2.77. The first kappa shape index (κ1) is 13.2. The van der Waals surface area contributed by atoms with E-state index in [0.717, 1.165) is 34.1 Å².